The molecular formula is C9H13N3O4. The van der Waals surface area contributed by atoms with Gasteiger partial charge < -0.3 is 15.2 Å². The van der Waals surface area contributed by atoms with Crippen LogP contribution >= 0.6 is 0 Å². The van der Waals surface area contributed by atoms with Gasteiger partial charge in [-0.1, -0.05) is 0 Å². The van der Waals surface area contributed by atoms with Gasteiger partial charge >= 0.3 is 5.97 Å². The Morgan fingerprint density at radius 2 is 2.38 bits per heavy atom. The number of H-pyrrole nitrogens is 1. The quantitative estimate of drug-likeness (QED) is 0.571. The Hall–Kier alpha value is -1.89. The van der Waals surface area contributed by atoms with E-state index in [-0.39, 0.29) is 6.54 Å². The first-order valence-electron chi connectivity index (χ1n) is 4.60. The number of esters is 1. The van der Waals surface area contributed by atoms with Crippen molar-refractivity contribution in [3.8, 4) is 0 Å². The molecule has 7 nitrogen and oxygen atoms in total. The van der Waals surface area contributed by atoms with Crippen molar-refractivity contribution in [1.82, 2.24) is 15.5 Å². The first-order chi connectivity index (χ1) is 7.56. The standard InChI is InChI=1S/C9H13N3O4/c1-5-6(3-11-12-5)8(14)10-4-7(13)9(15)16-2/h3,7,13H,4H2,1-2H3,(H,10,14)(H,11,12). The fraction of sp³-hybridized carbons (Fsp3) is 0.444. The van der Waals surface area contributed by atoms with Crippen LogP contribution in [0.4, 0.5) is 0 Å². The zero-order chi connectivity index (χ0) is 12.1. The van der Waals surface area contributed by atoms with Crippen LogP contribution < -0.4 is 5.32 Å². The highest BCUT2D eigenvalue weighted by Crippen LogP contribution is 2.01. The van der Waals surface area contributed by atoms with Gasteiger partial charge in [0.1, 0.15) is 0 Å². The number of carbonyl (C=O) groups is 2. The van der Waals surface area contributed by atoms with E-state index in [0.29, 0.717) is 11.3 Å². The van der Waals surface area contributed by atoms with Crippen LogP contribution in [0.5, 0.6) is 0 Å². The van der Waals surface area contributed by atoms with Gasteiger partial charge in [-0.2, -0.15) is 5.10 Å². The lowest BCUT2D eigenvalue weighted by Gasteiger charge is -2.09. The summed E-state index contributed by atoms with van der Waals surface area (Å²) in [6, 6.07) is 0. The lowest BCUT2D eigenvalue weighted by molar-refractivity contribution is -0.149. The van der Waals surface area contributed by atoms with E-state index < -0.39 is 18.0 Å². The molecule has 88 valence electrons. The van der Waals surface area contributed by atoms with Crippen molar-refractivity contribution in [2.75, 3.05) is 13.7 Å². The molecule has 0 aliphatic carbocycles. The third kappa shape index (κ3) is 2.80. The molecular weight excluding hydrogens is 214 g/mol. The fourth-order valence-corrected chi connectivity index (χ4v) is 1.08. The summed E-state index contributed by atoms with van der Waals surface area (Å²) in [5.41, 5.74) is 0.988. The molecule has 1 aromatic heterocycles. The number of nitrogens with zero attached hydrogens (tertiary/aromatic N) is 1. The van der Waals surface area contributed by atoms with Crippen LogP contribution in [-0.2, 0) is 9.53 Å². The van der Waals surface area contributed by atoms with Crippen molar-refractivity contribution in [2.45, 2.75) is 13.0 Å². The van der Waals surface area contributed by atoms with Gasteiger partial charge in [0.05, 0.1) is 25.4 Å². The molecule has 7 heteroatoms. The first kappa shape index (κ1) is 12.2. The molecule has 1 atom stereocenters. The normalized spacial score (nSPS) is 11.9. The number of ether oxygens (including phenoxy) is 1. The van der Waals surface area contributed by atoms with E-state index in [1.165, 1.54) is 6.20 Å². The second-order valence-corrected chi connectivity index (χ2v) is 3.16. The molecule has 1 aromatic rings. The van der Waals surface area contributed by atoms with E-state index in [2.05, 4.69) is 20.3 Å². The molecule has 1 amide bonds. The van der Waals surface area contributed by atoms with E-state index in [9.17, 15) is 14.7 Å². The zero-order valence-electron chi connectivity index (χ0n) is 8.98. The molecule has 0 aromatic carbocycles. The van der Waals surface area contributed by atoms with Crippen LogP contribution in [-0.4, -0.2) is 46.9 Å². The van der Waals surface area contributed by atoms with E-state index in [1.54, 1.807) is 6.92 Å². The maximum Gasteiger partial charge on any atom is 0.336 e. The average Bonchev–Trinajstić information content (AvgIpc) is 2.70. The molecule has 0 aliphatic rings. The van der Waals surface area contributed by atoms with E-state index in [0.717, 1.165) is 7.11 Å². The Bertz CT molecular complexity index is 388. The average molecular weight is 227 g/mol. The van der Waals surface area contributed by atoms with Crippen molar-refractivity contribution in [3.05, 3.63) is 17.5 Å². The summed E-state index contributed by atoms with van der Waals surface area (Å²) in [6.45, 7) is 1.49. The summed E-state index contributed by atoms with van der Waals surface area (Å²) in [4.78, 5) is 22.3. The summed E-state index contributed by atoms with van der Waals surface area (Å²) in [7, 11) is 1.16. The van der Waals surface area contributed by atoms with Crippen LogP contribution in [0.2, 0.25) is 0 Å². The van der Waals surface area contributed by atoms with Crippen LogP contribution in [0.25, 0.3) is 0 Å². The number of aromatic nitrogens is 2. The van der Waals surface area contributed by atoms with E-state index in [4.69, 9.17) is 0 Å². The van der Waals surface area contributed by atoms with Crippen LogP contribution in [0.1, 0.15) is 16.1 Å². The number of carbonyl (C=O) groups excluding carboxylic acids is 2. The summed E-state index contributed by atoms with van der Waals surface area (Å²) in [6.07, 6.45) is 0.0102. The second kappa shape index (κ2) is 5.26. The van der Waals surface area contributed by atoms with Gasteiger partial charge in [0.15, 0.2) is 6.10 Å². The van der Waals surface area contributed by atoms with Crippen molar-refractivity contribution >= 4 is 11.9 Å². The number of aliphatic hydroxyl groups excluding tert-OH is 1. The van der Waals surface area contributed by atoms with Gasteiger partial charge in [-0.05, 0) is 6.92 Å². The number of rotatable bonds is 4. The van der Waals surface area contributed by atoms with Gasteiger partial charge in [0.25, 0.3) is 5.91 Å². The summed E-state index contributed by atoms with van der Waals surface area (Å²) >= 11 is 0. The summed E-state index contributed by atoms with van der Waals surface area (Å²) in [5.74, 6) is -1.20. The highest BCUT2D eigenvalue weighted by atomic mass is 16.5. The molecule has 1 rings (SSSR count). The third-order valence-electron chi connectivity index (χ3n) is 2.00. The van der Waals surface area contributed by atoms with E-state index in [1.807, 2.05) is 0 Å². The smallest absolute Gasteiger partial charge is 0.336 e. The number of aromatic amines is 1. The van der Waals surface area contributed by atoms with E-state index >= 15 is 0 Å². The summed E-state index contributed by atoms with van der Waals surface area (Å²) in [5, 5.41) is 17.9. The minimum Gasteiger partial charge on any atom is -0.467 e. The molecule has 3 N–H and O–H groups in total. The number of nitrogens with one attached hydrogen (secondary N) is 2. The topological polar surface area (TPSA) is 104 Å². The monoisotopic (exact) mass is 227 g/mol. The van der Waals surface area contributed by atoms with Crippen molar-refractivity contribution < 1.29 is 19.4 Å². The maximum atomic E-state index is 11.5. The molecule has 0 saturated carbocycles. The minimum absolute atomic E-state index is 0.198. The number of amides is 1. The van der Waals surface area contributed by atoms with Crippen molar-refractivity contribution in [2.24, 2.45) is 0 Å². The number of aryl methyl sites for hydroxylation is 1. The third-order valence-corrected chi connectivity index (χ3v) is 2.00. The largest absolute Gasteiger partial charge is 0.467 e. The number of aliphatic hydroxyl groups is 1. The molecule has 0 fully saturated rings. The molecule has 0 spiro atoms. The molecule has 1 heterocycles. The highest BCUT2D eigenvalue weighted by molar-refractivity contribution is 5.95. The molecule has 0 radical (unpaired) electrons. The number of methoxy groups -OCH3 is 1. The number of hydrogen-bond donors (Lipinski definition) is 3. The predicted molar refractivity (Wildman–Crippen MR) is 53.7 cm³/mol. The molecule has 0 aliphatic heterocycles. The van der Waals surface area contributed by atoms with Crippen LogP contribution in [0.15, 0.2) is 6.20 Å². The Balaban J connectivity index is 2.48. The lowest BCUT2D eigenvalue weighted by Crippen LogP contribution is -2.37. The molecule has 0 saturated heterocycles. The van der Waals surface area contributed by atoms with Gasteiger partial charge in [-0.3, -0.25) is 9.89 Å². The van der Waals surface area contributed by atoms with Gasteiger partial charge in [0, 0.05) is 5.69 Å². The Morgan fingerprint density at radius 3 is 2.88 bits per heavy atom. The van der Waals surface area contributed by atoms with Crippen molar-refractivity contribution in [3.63, 3.8) is 0 Å². The highest BCUT2D eigenvalue weighted by Gasteiger charge is 2.17. The van der Waals surface area contributed by atoms with Crippen LogP contribution in [0, 0.1) is 6.92 Å². The fourth-order valence-electron chi connectivity index (χ4n) is 1.08. The molecule has 1 unspecified atom stereocenters. The second-order valence-electron chi connectivity index (χ2n) is 3.16. The SMILES string of the molecule is COC(=O)C(O)CNC(=O)c1cn[nH]c1C. The predicted octanol–water partition coefficient (Wildman–Crippen LogP) is -1.02. The molecule has 0 bridgehead atoms. The zero-order valence-corrected chi connectivity index (χ0v) is 8.98. The maximum absolute atomic E-state index is 11.5. The molecule has 16 heavy (non-hydrogen) atoms. The van der Waals surface area contributed by atoms with Gasteiger partial charge in [-0.25, -0.2) is 4.79 Å². The van der Waals surface area contributed by atoms with Crippen molar-refractivity contribution in [1.29, 1.82) is 0 Å². The Labute approximate surface area is 91.8 Å². The Morgan fingerprint density at radius 1 is 1.69 bits per heavy atom. The minimum atomic E-state index is -1.36. The van der Waals surface area contributed by atoms with Gasteiger partial charge in [0.2, 0.25) is 0 Å². The van der Waals surface area contributed by atoms with Crippen LogP contribution in [0.3, 0.4) is 0 Å². The lowest BCUT2D eigenvalue weighted by atomic mass is 10.2. The van der Waals surface area contributed by atoms with Gasteiger partial charge in [-0.15, -0.1) is 0 Å². The summed E-state index contributed by atoms with van der Waals surface area (Å²) < 4.78 is 4.30. The Kier molecular flexibility index (Phi) is 4.01. The first-order valence-corrected chi connectivity index (χ1v) is 4.60. The number of hydrogen-bond acceptors (Lipinski definition) is 5.